The molecule has 1 aromatic rings. The second kappa shape index (κ2) is 7.44. The number of methoxy groups -OCH3 is 1. The number of nitrogens with one attached hydrogen (secondary N) is 1. The van der Waals surface area contributed by atoms with Crippen molar-refractivity contribution in [3.05, 3.63) is 24.3 Å². The molecule has 0 saturated heterocycles. The Balaban J connectivity index is 2.62. The largest absolute Gasteiger partial charge is 0.379 e. The van der Waals surface area contributed by atoms with Crippen molar-refractivity contribution < 1.29 is 4.74 Å². The molecule has 1 N–H and O–H groups in total. The van der Waals surface area contributed by atoms with Gasteiger partial charge in [0.05, 0.1) is 5.60 Å². The van der Waals surface area contributed by atoms with Gasteiger partial charge in [-0.3, -0.25) is 0 Å². The molecule has 0 fully saturated rings. The van der Waals surface area contributed by atoms with Crippen LogP contribution in [0.3, 0.4) is 0 Å². The molecule has 0 aliphatic carbocycles. The average molecular weight is 251 g/mol. The predicted molar refractivity (Wildman–Crippen MR) is 73.4 cm³/mol. The summed E-state index contributed by atoms with van der Waals surface area (Å²) in [4.78, 5) is 8.19. The summed E-state index contributed by atoms with van der Waals surface area (Å²) in [5, 5.41) is 3.55. The monoisotopic (exact) mass is 251 g/mol. The lowest BCUT2D eigenvalue weighted by Crippen LogP contribution is -2.28. The first-order chi connectivity index (χ1) is 8.59. The second-order valence-corrected chi connectivity index (χ2v) is 5.18. The highest BCUT2D eigenvalue weighted by atomic mass is 16.5. The predicted octanol–water partition coefficient (Wildman–Crippen LogP) is 2.72. The molecule has 0 bridgehead atoms. The van der Waals surface area contributed by atoms with Gasteiger partial charge in [-0.15, -0.1) is 0 Å². The van der Waals surface area contributed by atoms with Crippen molar-refractivity contribution in [2.45, 2.75) is 51.7 Å². The van der Waals surface area contributed by atoms with Crippen molar-refractivity contribution in [2.24, 2.45) is 0 Å². The van der Waals surface area contributed by atoms with Crippen molar-refractivity contribution in [1.29, 1.82) is 0 Å². The van der Waals surface area contributed by atoms with Gasteiger partial charge in [-0.05, 0) is 39.7 Å². The number of aromatic nitrogens is 2. The molecule has 0 aliphatic heterocycles. The topological polar surface area (TPSA) is 47.0 Å². The van der Waals surface area contributed by atoms with Gasteiger partial charge in [0.15, 0.2) is 0 Å². The molecule has 0 radical (unpaired) electrons. The molecule has 0 aromatic carbocycles. The summed E-state index contributed by atoms with van der Waals surface area (Å²) in [6.45, 7) is 7.41. The van der Waals surface area contributed by atoms with E-state index in [1.54, 1.807) is 13.4 Å². The second-order valence-electron chi connectivity index (χ2n) is 5.18. The van der Waals surface area contributed by atoms with Crippen LogP contribution < -0.4 is 5.32 Å². The molecule has 4 nitrogen and oxygen atoms in total. The maximum atomic E-state index is 5.47. The van der Waals surface area contributed by atoms with Crippen LogP contribution in [0.1, 0.15) is 51.6 Å². The summed E-state index contributed by atoms with van der Waals surface area (Å²) in [6.07, 6.45) is 8.49. The van der Waals surface area contributed by atoms with Gasteiger partial charge in [0.1, 0.15) is 6.33 Å². The Morgan fingerprint density at radius 2 is 2.00 bits per heavy atom. The SMILES string of the molecule is CCCNC(CCC(C)(C)OC)c1cncnc1. The third-order valence-corrected chi connectivity index (χ3v) is 3.21. The van der Waals surface area contributed by atoms with Gasteiger partial charge >= 0.3 is 0 Å². The smallest absolute Gasteiger partial charge is 0.115 e. The highest BCUT2D eigenvalue weighted by molar-refractivity contribution is 5.09. The van der Waals surface area contributed by atoms with Crippen LogP contribution in [0.5, 0.6) is 0 Å². The summed E-state index contributed by atoms with van der Waals surface area (Å²) >= 11 is 0. The summed E-state index contributed by atoms with van der Waals surface area (Å²) in [6, 6.07) is 0.306. The molecule has 102 valence electrons. The van der Waals surface area contributed by atoms with Crippen LogP contribution in [0.25, 0.3) is 0 Å². The van der Waals surface area contributed by atoms with Gasteiger partial charge in [0.25, 0.3) is 0 Å². The van der Waals surface area contributed by atoms with E-state index < -0.39 is 0 Å². The van der Waals surface area contributed by atoms with Gasteiger partial charge < -0.3 is 10.1 Å². The molecule has 0 spiro atoms. The zero-order valence-electron chi connectivity index (χ0n) is 11.9. The Labute approximate surface area is 110 Å². The fourth-order valence-corrected chi connectivity index (χ4v) is 1.79. The molecular formula is C14H25N3O. The normalized spacial score (nSPS) is 13.6. The summed E-state index contributed by atoms with van der Waals surface area (Å²) in [5.41, 5.74) is 1.07. The van der Waals surface area contributed by atoms with E-state index in [9.17, 15) is 0 Å². The molecule has 18 heavy (non-hydrogen) atoms. The first-order valence-corrected chi connectivity index (χ1v) is 6.62. The van der Waals surface area contributed by atoms with Crippen molar-refractivity contribution in [1.82, 2.24) is 15.3 Å². The third kappa shape index (κ3) is 5.10. The molecular weight excluding hydrogens is 226 g/mol. The van der Waals surface area contributed by atoms with E-state index in [1.807, 2.05) is 12.4 Å². The molecule has 1 heterocycles. The van der Waals surface area contributed by atoms with Crippen molar-refractivity contribution >= 4 is 0 Å². The first kappa shape index (κ1) is 15.1. The van der Waals surface area contributed by atoms with E-state index in [1.165, 1.54) is 0 Å². The van der Waals surface area contributed by atoms with E-state index in [0.717, 1.165) is 31.4 Å². The molecule has 0 amide bonds. The molecule has 1 atom stereocenters. The van der Waals surface area contributed by atoms with Gasteiger partial charge in [-0.1, -0.05) is 6.92 Å². The maximum Gasteiger partial charge on any atom is 0.115 e. The average Bonchev–Trinajstić information content (AvgIpc) is 2.40. The van der Waals surface area contributed by atoms with Crippen molar-refractivity contribution in [2.75, 3.05) is 13.7 Å². The number of nitrogens with zero attached hydrogens (tertiary/aromatic N) is 2. The van der Waals surface area contributed by atoms with Crippen LogP contribution in [-0.2, 0) is 4.74 Å². The van der Waals surface area contributed by atoms with Crippen LogP contribution in [-0.4, -0.2) is 29.2 Å². The lowest BCUT2D eigenvalue weighted by atomic mass is 9.96. The minimum atomic E-state index is -0.0816. The standard InChI is InChI=1S/C14H25N3O/c1-5-8-17-13(6-7-14(2,3)18-4)12-9-15-11-16-10-12/h9-11,13,17H,5-8H2,1-4H3. The fourth-order valence-electron chi connectivity index (χ4n) is 1.79. The third-order valence-electron chi connectivity index (χ3n) is 3.21. The van der Waals surface area contributed by atoms with Crippen LogP contribution in [0.15, 0.2) is 18.7 Å². The van der Waals surface area contributed by atoms with Gasteiger partial charge in [-0.2, -0.15) is 0 Å². The Hall–Kier alpha value is -1.00. The summed E-state index contributed by atoms with van der Waals surface area (Å²) < 4.78 is 5.47. The summed E-state index contributed by atoms with van der Waals surface area (Å²) in [7, 11) is 1.76. The van der Waals surface area contributed by atoms with E-state index in [-0.39, 0.29) is 5.60 Å². The quantitative estimate of drug-likeness (QED) is 0.771. The Kier molecular flexibility index (Phi) is 6.22. The highest BCUT2D eigenvalue weighted by Crippen LogP contribution is 2.23. The molecule has 0 aliphatic rings. The van der Waals surface area contributed by atoms with E-state index in [2.05, 4.69) is 36.1 Å². The number of rotatable bonds is 8. The van der Waals surface area contributed by atoms with Crippen molar-refractivity contribution in [3.8, 4) is 0 Å². The summed E-state index contributed by atoms with van der Waals surface area (Å²) in [5.74, 6) is 0. The maximum absolute atomic E-state index is 5.47. The minimum absolute atomic E-state index is 0.0816. The fraction of sp³-hybridized carbons (Fsp3) is 0.714. The molecule has 0 saturated carbocycles. The minimum Gasteiger partial charge on any atom is -0.379 e. The van der Waals surface area contributed by atoms with Crippen LogP contribution in [0.2, 0.25) is 0 Å². The van der Waals surface area contributed by atoms with E-state index in [4.69, 9.17) is 4.74 Å². The zero-order valence-corrected chi connectivity index (χ0v) is 11.9. The van der Waals surface area contributed by atoms with E-state index in [0.29, 0.717) is 6.04 Å². The first-order valence-electron chi connectivity index (χ1n) is 6.62. The van der Waals surface area contributed by atoms with E-state index >= 15 is 0 Å². The Morgan fingerprint density at radius 1 is 1.33 bits per heavy atom. The molecule has 1 aromatic heterocycles. The molecule has 4 heteroatoms. The molecule has 1 unspecified atom stereocenters. The van der Waals surface area contributed by atoms with Crippen LogP contribution >= 0.6 is 0 Å². The van der Waals surface area contributed by atoms with Crippen LogP contribution in [0, 0.1) is 0 Å². The zero-order chi connectivity index (χ0) is 13.4. The number of ether oxygens (including phenoxy) is 1. The highest BCUT2D eigenvalue weighted by Gasteiger charge is 2.20. The van der Waals surface area contributed by atoms with Gasteiger partial charge in [-0.25, -0.2) is 9.97 Å². The molecule has 1 rings (SSSR count). The number of hydrogen-bond acceptors (Lipinski definition) is 4. The Morgan fingerprint density at radius 3 is 2.56 bits per heavy atom. The lowest BCUT2D eigenvalue weighted by molar-refractivity contribution is 0.0116. The lowest BCUT2D eigenvalue weighted by Gasteiger charge is -2.26. The van der Waals surface area contributed by atoms with Crippen molar-refractivity contribution in [3.63, 3.8) is 0 Å². The van der Waals surface area contributed by atoms with Gasteiger partial charge in [0, 0.05) is 31.1 Å². The Bertz CT molecular complexity index is 327. The van der Waals surface area contributed by atoms with Gasteiger partial charge in [0.2, 0.25) is 0 Å². The van der Waals surface area contributed by atoms with Crippen LogP contribution in [0.4, 0.5) is 0 Å². The number of hydrogen-bond donors (Lipinski definition) is 1.